The van der Waals surface area contributed by atoms with Crippen molar-refractivity contribution in [2.24, 2.45) is 0 Å². The molecule has 1 aliphatic heterocycles. The number of carbonyl (C=O) groups is 1. The Morgan fingerprint density at radius 2 is 2.04 bits per heavy atom. The van der Waals surface area contributed by atoms with Gasteiger partial charge in [-0.3, -0.25) is 4.79 Å². The molecular formula is C17H17F3N2O3. The highest BCUT2D eigenvalue weighted by molar-refractivity contribution is 5.92. The third-order valence-electron chi connectivity index (χ3n) is 4.39. The highest BCUT2D eigenvalue weighted by Crippen LogP contribution is 2.34. The van der Waals surface area contributed by atoms with E-state index in [-0.39, 0.29) is 17.4 Å². The second kappa shape index (κ2) is 6.42. The van der Waals surface area contributed by atoms with Gasteiger partial charge in [-0.05, 0) is 43.9 Å². The molecule has 0 spiro atoms. The molecule has 0 saturated carbocycles. The van der Waals surface area contributed by atoms with Crippen LogP contribution in [-0.2, 0) is 6.42 Å². The Morgan fingerprint density at radius 1 is 1.32 bits per heavy atom. The number of ether oxygens (including phenoxy) is 1. The molecule has 1 unspecified atom stereocenters. The fourth-order valence-electron chi connectivity index (χ4n) is 3.26. The number of benzene rings is 1. The van der Waals surface area contributed by atoms with Crippen LogP contribution in [0, 0.1) is 0 Å². The molecule has 1 aromatic heterocycles. The van der Waals surface area contributed by atoms with Crippen LogP contribution in [-0.4, -0.2) is 34.4 Å². The molecule has 0 aliphatic carbocycles. The SMILES string of the molecule is CC1(Cc2ccc(OC(F)(F)F)cc2)CCCN1C(=O)c1ccon1. The Balaban J connectivity index is 1.73. The van der Waals surface area contributed by atoms with E-state index in [1.165, 1.54) is 24.5 Å². The van der Waals surface area contributed by atoms with Crippen molar-refractivity contribution in [1.82, 2.24) is 10.1 Å². The van der Waals surface area contributed by atoms with Gasteiger partial charge in [-0.25, -0.2) is 0 Å². The number of amides is 1. The number of alkyl halides is 3. The van der Waals surface area contributed by atoms with Gasteiger partial charge in [0.1, 0.15) is 12.0 Å². The molecule has 0 bridgehead atoms. The van der Waals surface area contributed by atoms with Gasteiger partial charge in [0.2, 0.25) is 0 Å². The van der Waals surface area contributed by atoms with Crippen LogP contribution in [0.3, 0.4) is 0 Å². The summed E-state index contributed by atoms with van der Waals surface area (Å²) in [5, 5.41) is 3.69. The molecule has 134 valence electrons. The minimum Gasteiger partial charge on any atom is -0.406 e. The second-order valence-electron chi connectivity index (χ2n) is 6.31. The summed E-state index contributed by atoms with van der Waals surface area (Å²) in [7, 11) is 0. The number of aromatic nitrogens is 1. The largest absolute Gasteiger partial charge is 0.573 e. The lowest BCUT2D eigenvalue weighted by molar-refractivity contribution is -0.274. The second-order valence-corrected chi connectivity index (χ2v) is 6.31. The van der Waals surface area contributed by atoms with Crippen molar-refractivity contribution in [1.29, 1.82) is 0 Å². The Bertz CT molecular complexity index is 729. The minimum atomic E-state index is -4.71. The molecule has 8 heteroatoms. The van der Waals surface area contributed by atoms with E-state index in [4.69, 9.17) is 4.52 Å². The van der Waals surface area contributed by atoms with Crippen molar-refractivity contribution in [2.75, 3.05) is 6.54 Å². The molecule has 2 heterocycles. The molecule has 5 nitrogen and oxygen atoms in total. The maximum Gasteiger partial charge on any atom is 0.573 e. The lowest BCUT2D eigenvalue weighted by Gasteiger charge is -2.35. The monoisotopic (exact) mass is 354 g/mol. The third-order valence-corrected chi connectivity index (χ3v) is 4.39. The Labute approximate surface area is 142 Å². The summed E-state index contributed by atoms with van der Waals surface area (Å²) in [6.07, 6.45) is -1.17. The third kappa shape index (κ3) is 3.94. The molecule has 1 aromatic carbocycles. The first kappa shape index (κ1) is 17.3. The van der Waals surface area contributed by atoms with E-state index in [9.17, 15) is 18.0 Å². The lowest BCUT2D eigenvalue weighted by Crippen LogP contribution is -2.46. The van der Waals surface area contributed by atoms with E-state index in [2.05, 4.69) is 9.89 Å². The zero-order chi connectivity index (χ0) is 18.1. The first-order valence-electron chi connectivity index (χ1n) is 7.84. The Kier molecular flexibility index (Phi) is 4.45. The van der Waals surface area contributed by atoms with Crippen LogP contribution < -0.4 is 4.74 Å². The number of nitrogens with zero attached hydrogens (tertiary/aromatic N) is 2. The summed E-state index contributed by atoms with van der Waals surface area (Å²) < 4.78 is 45.3. The maximum atomic E-state index is 12.6. The highest BCUT2D eigenvalue weighted by atomic mass is 19.4. The van der Waals surface area contributed by atoms with Gasteiger partial charge in [-0.15, -0.1) is 13.2 Å². The van der Waals surface area contributed by atoms with Crippen molar-refractivity contribution in [3.8, 4) is 5.75 Å². The summed E-state index contributed by atoms with van der Waals surface area (Å²) in [5.74, 6) is -0.464. The van der Waals surface area contributed by atoms with Crippen molar-refractivity contribution in [3.05, 3.63) is 47.9 Å². The quantitative estimate of drug-likeness (QED) is 0.838. The standard InChI is InChI=1S/C17H17F3N2O3/c1-16(8-2-9-22(16)15(23)14-7-10-24-21-14)11-12-3-5-13(6-4-12)25-17(18,19)20/h3-7,10H,2,8-9,11H2,1H3. The fourth-order valence-corrected chi connectivity index (χ4v) is 3.26. The van der Waals surface area contributed by atoms with E-state index >= 15 is 0 Å². The van der Waals surface area contributed by atoms with Crippen LogP contribution in [0.1, 0.15) is 35.8 Å². The van der Waals surface area contributed by atoms with Gasteiger partial charge in [-0.1, -0.05) is 17.3 Å². The molecule has 3 rings (SSSR count). The van der Waals surface area contributed by atoms with Crippen LogP contribution in [0.15, 0.2) is 41.1 Å². The molecule has 1 amide bonds. The Morgan fingerprint density at radius 3 is 2.64 bits per heavy atom. The van der Waals surface area contributed by atoms with Crippen molar-refractivity contribution in [2.45, 2.75) is 38.1 Å². The summed E-state index contributed by atoms with van der Waals surface area (Å²) in [6.45, 7) is 2.58. The summed E-state index contributed by atoms with van der Waals surface area (Å²) in [5.41, 5.74) is 0.654. The van der Waals surface area contributed by atoms with Crippen molar-refractivity contribution in [3.63, 3.8) is 0 Å². The van der Waals surface area contributed by atoms with Crippen molar-refractivity contribution < 1.29 is 27.2 Å². The smallest absolute Gasteiger partial charge is 0.406 e. The number of hydrogen-bond donors (Lipinski definition) is 0. The number of likely N-dealkylation sites (tertiary alicyclic amines) is 1. The zero-order valence-electron chi connectivity index (χ0n) is 13.5. The van der Waals surface area contributed by atoms with Crippen molar-refractivity contribution >= 4 is 5.91 Å². The molecular weight excluding hydrogens is 337 g/mol. The molecule has 25 heavy (non-hydrogen) atoms. The van der Waals surface area contributed by atoms with E-state index < -0.39 is 11.9 Å². The van der Waals surface area contributed by atoms with Gasteiger partial charge < -0.3 is 14.2 Å². The van der Waals surface area contributed by atoms with Gasteiger partial charge in [0, 0.05) is 18.2 Å². The number of hydrogen-bond acceptors (Lipinski definition) is 4. The van der Waals surface area contributed by atoms with Crippen LogP contribution >= 0.6 is 0 Å². The van der Waals surface area contributed by atoms with Gasteiger partial charge >= 0.3 is 6.36 Å². The average Bonchev–Trinajstić information content (AvgIpc) is 3.17. The van der Waals surface area contributed by atoms with E-state index in [1.807, 2.05) is 6.92 Å². The van der Waals surface area contributed by atoms with E-state index in [0.29, 0.717) is 13.0 Å². The zero-order valence-corrected chi connectivity index (χ0v) is 13.5. The Hall–Kier alpha value is -2.51. The molecule has 2 aromatic rings. The number of carbonyl (C=O) groups excluding carboxylic acids is 1. The van der Waals surface area contributed by atoms with Crippen LogP contribution in [0.25, 0.3) is 0 Å². The van der Waals surface area contributed by atoms with Gasteiger partial charge in [0.15, 0.2) is 5.69 Å². The van der Waals surface area contributed by atoms with Crippen LogP contribution in [0.2, 0.25) is 0 Å². The normalized spacial score (nSPS) is 20.7. The van der Waals surface area contributed by atoms with Gasteiger partial charge in [0.25, 0.3) is 5.91 Å². The van der Waals surface area contributed by atoms with E-state index in [1.54, 1.807) is 17.0 Å². The average molecular weight is 354 g/mol. The molecule has 0 N–H and O–H groups in total. The lowest BCUT2D eigenvalue weighted by atomic mass is 9.90. The summed E-state index contributed by atoms with van der Waals surface area (Å²) in [4.78, 5) is 14.3. The molecule has 1 saturated heterocycles. The molecule has 0 radical (unpaired) electrons. The first-order chi connectivity index (χ1) is 11.8. The first-order valence-corrected chi connectivity index (χ1v) is 7.84. The molecule has 1 fully saturated rings. The number of rotatable bonds is 4. The molecule has 1 atom stereocenters. The minimum absolute atomic E-state index is 0.203. The topological polar surface area (TPSA) is 55.6 Å². The summed E-state index contributed by atoms with van der Waals surface area (Å²) in [6, 6.07) is 7.26. The maximum absolute atomic E-state index is 12.6. The molecule has 1 aliphatic rings. The summed E-state index contributed by atoms with van der Waals surface area (Å²) >= 11 is 0. The fraction of sp³-hybridized carbons (Fsp3) is 0.412. The van der Waals surface area contributed by atoms with Gasteiger partial charge in [0.05, 0.1) is 0 Å². The number of halogens is 3. The predicted molar refractivity (Wildman–Crippen MR) is 82.0 cm³/mol. The van der Waals surface area contributed by atoms with Crippen LogP contribution in [0.5, 0.6) is 5.75 Å². The van der Waals surface area contributed by atoms with Gasteiger partial charge in [-0.2, -0.15) is 0 Å². The highest BCUT2D eigenvalue weighted by Gasteiger charge is 2.40. The van der Waals surface area contributed by atoms with E-state index in [0.717, 1.165) is 18.4 Å². The van der Waals surface area contributed by atoms with Crippen LogP contribution in [0.4, 0.5) is 13.2 Å². The predicted octanol–water partition coefficient (Wildman–Crippen LogP) is 3.81.